The molecule has 3 aliphatic rings. The first-order valence-electron chi connectivity index (χ1n) is 8.35. The molecular formula is C16H31Cl2N3O. The van der Waals surface area contributed by atoms with Gasteiger partial charge in [0.25, 0.3) is 0 Å². The Morgan fingerprint density at radius 1 is 1.18 bits per heavy atom. The van der Waals surface area contributed by atoms with Gasteiger partial charge in [0.15, 0.2) is 0 Å². The monoisotopic (exact) mass is 351 g/mol. The summed E-state index contributed by atoms with van der Waals surface area (Å²) in [5, 5.41) is 6.76. The van der Waals surface area contributed by atoms with Gasteiger partial charge in [-0.2, -0.15) is 0 Å². The van der Waals surface area contributed by atoms with E-state index in [1.807, 2.05) is 0 Å². The van der Waals surface area contributed by atoms with Crippen molar-refractivity contribution >= 4 is 30.7 Å². The zero-order valence-electron chi connectivity index (χ0n) is 13.7. The largest absolute Gasteiger partial charge is 0.353 e. The minimum absolute atomic E-state index is 0. The second-order valence-corrected chi connectivity index (χ2v) is 7.22. The SMILES string of the molecule is CN(C)C(CNC(=O)C1CC2CCCCC2N1)C1CC1.Cl.Cl. The summed E-state index contributed by atoms with van der Waals surface area (Å²) in [6, 6.07) is 1.18. The van der Waals surface area contributed by atoms with Gasteiger partial charge in [-0.1, -0.05) is 12.8 Å². The molecule has 22 heavy (non-hydrogen) atoms. The third-order valence-corrected chi connectivity index (χ3v) is 5.49. The highest BCUT2D eigenvalue weighted by atomic mass is 35.5. The van der Waals surface area contributed by atoms with E-state index in [9.17, 15) is 4.79 Å². The van der Waals surface area contributed by atoms with Crippen molar-refractivity contribution in [3.63, 3.8) is 0 Å². The fourth-order valence-electron chi connectivity index (χ4n) is 4.10. The van der Waals surface area contributed by atoms with E-state index in [1.165, 1.54) is 38.5 Å². The van der Waals surface area contributed by atoms with Crippen LogP contribution in [-0.4, -0.2) is 49.6 Å². The summed E-state index contributed by atoms with van der Waals surface area (Å²) < 4.78 is 0. The summed E-state index contributed by atoms with van der Waals surface area (Å²) >= 11 is 0. The molecule has 1 heterocycles. The molecule has 4 nitrogen and oxygen atoms in total. The average molecular weight is 352 g/mol. The van der Waals surface area contributed by atoms with Crippen LogP contribution in [0.1, 0.15) is 44.9 Å². The van der Waals surface area contributed by atoms with Crippen LogP contribution in [0.25, 0.3) is 0 Å². The van der Waals surface area contributed by atoms with E-state index < -0.39 is 0 Å². The van der Waals surface area contributed by atoms with Gasteiger partial charge in [0.2, 0.25) is 5.91 Å². The number of amides is 1. The molecule has 0 aromatic rings. The lowest BCUT2D eigenvalue weighted by atomic mass is 9.85. The molecule has 4 atom stereocenters. The maximum absolute atomic E-state index is 12.4. The van der Waals surface area contributed by atoms with Crippen LogP contribution in [0, 0.1) is 11.8 Å². The van der Waals surface area contributed by atoms with Crippen molar-refractivity contribution in [2.45, 2.75) is 63.1 Å². The number of fused-ring (bicyclic) bond motifs is 1. The lowest BCUT2D eigenvalue weighted by Gasteiger charge is -2.25. The third kappa shape index (κ3) is 4.73. The number of rotatable bonds is 5. The molecule has 1 aliphatic heterocycles. The highest BCUT2D eigenvalue weighted by molar-refractivity contribution is 5.85. The first kappa shape index (κ1) is 20.0. The van der Waals surface area contributed by atoms with Gasteiger partial charge in [0, 0.05) is 18.6 Å². The number of hydrogen-bond acceptors (Lipinski definition) is 3. The van der Waals surface area contributed by atoms with Gasteiger partial charge in [0.05, 0.1) is 6.04 Å². The Balaban J connectivity index is 0.00000121. The lowest BCUT2D eigenvalue weighted by molar-refractivity contribution is -0.123. The Labute approximate surface area is 147 Å². The van der Waals surface area contributed by atoms with Crippen LogP contribution in [0.5, 0.6) is 0 Å². The standard InChI is InChI=1S/C16H29N3O.2ClH/c1-19(2)15(11-7-8-11)10-17-16(20)14-9-12-5-3-4-6-13(12)18-14;;/h11-15,18H,3-10H2,1-2H3,(H,17,20);2*1H. The number of carbonyl (C=O) groups excluding carboxylic acids is 1. The molecule has 6 heteroatoms. The lowest BCUT2D eigenvalue weighted by Crippen LogP contribution is -2.48. The zero-order valence-corrected chi connectivity index (χ0v) is 15.3. The second kappa shape index (κ2) is 8.72. The fourth-order valence-corrected chi connectivity index (χ4v) is 4.10. The van der Waals surface area contributed by atoms with E-state index in [0.29, 0.717) is 12.1 Å². The smallest absolute Gasteiger partial charge is 0.237 e. The summed E-state index contributed by atoms with van der Waals surface area (Å²) in [5.41, 5.74) is 0. The number of nitrogens with one attached hydrogen (secondary N) is 2. The average Bonchev–Trinajstić information content (AvgIpc) is 3.16. The maximum Gasteiger partial charge on any atom is 0.237 e. The summed E-state index contributed by atoms with van der Waals surface area (Å²) in [7, 11) is 4.25. The van der Waals surface area contributed by atoms with Crippen molar-refractivity contribution < 1.29 is 4.79 Å². The van der Waals surface area contributed by atoms with Gasteiger partial charge in [0.1, 0.15) is 0 Å². The summed E-state index contributed by atoms with van der Waals surface area (Å²) in [6.45, 7) is 0.810. The van der Waals surface area contributed by atoms with E-state index in [4.69, 9.17) is 0 Å². The topological polar surface area (TPSA) is 44.4 Å². The molecule has 4 unspecified atom stereocenters. The first-order valence-corrected chi connectivity index (χ1v) is 8.35. The molecule has 3 fully saturated rings. The van der Waals surface area contributed by atoms with Crippen molar-refractivity contribution in [1.29, 1.82) is 0 Å². The van der Waals surface area contributed by atoms with E-state index in [0.717, 1.165) is 24.8 Å². The van der Waals surface area contributed by atoms with Gasteiger partial charge < -0.3 is 15.5 Å². The zero-order chi connectivity index (χ0) is 14.1. The Morgan fingerprint density at radius 2 is 1.86 bits per heavy atom. The Bertz CT molecular complexity index is 347. The first-order chi connectivity index (χ1) is 9.65. The van der Waals surface area contributed by atoms with E-state index in [-0.39, 0.29) is 36.8 Å². The predicted octanol–water partition coefficient (Wildman–Crippen LogP) is 2.21. The highest BCUT2D eigenvalue weighted by Crippen LogP contribution is 2.35. The molecular weight excluding hydrogens is 321 g/mol. The van der Waals surface area contributed by atoms with E-state index >= 15 is 0 Å². The number of halogens is 2. The van der Waals surface area contributed by atoms with Crippen LogP contribution < -0.4 is 10.6 Å². The third-order valence-electron chi connectivity index (χ3n) is 5.49. The fraction of sp³-hybridized carbons (Fsp3) is 0.938. The van der Waals surface area contributed by atoms with Crippen LogP contribution in [0.2, 0.25) is 0 Å². The van der Waals surface area contributed by atoms with Crippen LogP contribution in [0.3, 0.4) is 0 Å². The van der Waals surface area contributed by atoms with Gasteiger partial charge in [-0.25, -0.2) is 0 Å². The Hall–Kier alpha value is -0.0300. The van der Waals surface area contributed by atoms with E-state index in [2.05, 4.69) is 29.6 Å². The molecule has 1 saturated heterocycles. The second-order valence-electron chi connectivity index (χ2n) is 7.22. The summed E-state index contributed by atoms with van der Waals surface area (Å²) in [6.07, 6.45) is 8.94. The molecule has 0 aromatic carbocycles. The molecule has 0 spiro atoms. The van der Waals surface area contributed by atoms with Gasteiger partial charge in [-0.3, -0.25) is 4.79 Å². The summed E-state index contributed by atoms with van der Waals surface area (Å²) in [5.74, 6) is 1.77. The maximum atomic E-state index is 12.4. The quantitative estimate of drug-likeness (QED) is 0.797. The number of nitrogens with zero attached hydrogens (tertiary/aromatic N) is 1. The van der Waals surface area contributed by atoms with Crippen LogP contribution in [-0.2, 0) is 4.79 Å². The number of hydrogen-bond donors (Lipinski definition) is 2. The van der Waals surface area contributed by atoms with E-state index in [1.54, 1.807) is 0 Å². The Morgan fingerprint density at radius 3 is 2.45 bits per heavy atom. The van der Waals surface area contributed by atoms with Crippen LogP contribution in [0.15, 0.2) is 0 Å². The minimum atomic E-state index is 0. The van der Waals surface area contributed by atoms with Crippen molar-refractivity contribution in [2.24, 2.45) is 11.8 Å². The van der Waals surface area contributed by atoms with Crippen molar-refractivity contribution in [3.8, 4) is 0 Å². The van der Waals surface area contributed by atoms with Crippen molar-refractivity contribution in [2.75, 3.05) is 20.6 Å². The summed E-state index contributed by atoms with van der Waals surface area (Å²) in [4.78, 5) is 14.6. The molecule has 0 radical (unpaired) electrons. The Kier molecular flexibility index (Phi) is 7.93. The molecule has 2 saturated carbocycles. The highest BCUT2D eigenvalue weighted by Gasteiger charge is 2.39. The molecule has 2 aliphatic carbocycles. The van der Waals surface area contributed by atoms with Crippen molar-refractivity contribution in [1.82, 2.24) is 15.5 Å². The van der Waals surface area contributed by atoms with Crippen LogP contribution in [0.4, 0.5) is 0 Å². The van der Waals surface area contributed by atoms with Gasteiger partial charge >= 0.3 is 0 Å². The van der Waals surface area contributed by atoms with Crippen molar-refractivity contribution in [3.05, 3.63) is 0 Å². The molecule has 0 aromatic heterocycles. The predicted molar refractivity (Wildman–Crippen MR) is 95.0 cm³/mol. The molecule has 130 valence electrons. The molecule has 1 amide bonds. The molecule has 2 N–H and O–H groups in total. The normalized spacial score (nSPS) is 31.7. The molecule has 0 bridgehead atoms. The van der Waals surface area contributed by atoms with Gasteiger partial charge in [-0.15, -0.1) is 24.8 Å². The van der Waals surface area contributed by atoms with Gasteiger partial charge in [-0.05, 0) is 58.0 Å². The minimum Gasteiger partial charge on any atom is -0.353 e. The molecule has 3 rings (SSSR count). The van der Waals surface area contributed by atoms with Crippen LogP contribution >= 0.6 is 24.8 Å². The number of likely N-dealkylation sites (N-methyl/N-ethyl adjacent to an activating group) is 1. The number of carbonyl (C=O) groups is 1.